The summed E-state index contributed by atoms with van der Waals surface area (Å²) in [5, 5.41) is 15.8. The van der Waals surface area contributed by atoms with Crippen molar-refractivity contribution in [2.45, 2.75) is 19.4 Å². The molecule has 9 heteroatoms. The van der Waals surface area contributed by atoms with E-state index in [9.17, 15) is 14.7 Å². The van der Waals surface area contributed by atoms with Gasteiger partial charge < -0.3 is 14.7 Å². The van der Waals surface area contributed by atoms with Crippen molar-refractivity contribution in [1.82, 2.24) is 24.6 Å². The Labute approximate surface area is 209 Å². The summed E-state index contributed by atoms with van der Waals surface area (Å²) in [6, 6.07) is 12.4. The number of nitrogens with zero attached hydrogens (tertiary/aromatic N) is 5. The van der Waals surface area contributed by atoms with Crippen LogP contribution in [0.4, 0.5) is 0 Å². The van der Waals surface area contributed by atoms with Gasteiger partial charge in [-0.2, -0.15) is 5.10 Å². The van der Waals surface area contributed by atoms with E-state index in [1.807, 2.05) is 43.3 Å². The lowest BCUT2D eigenvalue weighted by atomic mass is 9.96. The lowest BCUT2D eigenvalue weighted by Gasteiger charge is -2.29. The Morgan fingerprint density at radius 3 is 2.56 bits per heavy atom. The predicted octanol–water partition coefficient (Wildman–Crippen LogP) is 2.72. The minimum absolute atomic E-state index is 0.0649. The number of Topliss-reactive ketones (excluding diaryl/α,β-unsaturated/α-hetero) is 1. The first-order valence-corrected chi connectivity index (χ1v) is 12.1. The smallest absolute Gasteiger partial charge is 0.295 e. The summed E-state index contributed by atoms with van der Waals surface area (Å²) < 4.78 is 7.11. The van der Waals surface area contributed by atoms with Gasteiger partial charge in [0.1, 0.15) is 5.76 Å². The predicted molar refractivity (Wildman–Crippen MR) is 133 cm³/mol. The molecule has 36 heavy (non-hydrogen) atoms. The fraction of sp³-hybridized carbons (Fsp3) is 0.333. The zero-order valence-corrected chi connectivity index (χ0v) is 20.2. The molecule has 0 saturated carbocycles. The molecule has 0 bridgehead atoms. The molecule has 2 aliphatic rings. The fourth-order valence-electron chi connectivity index (χ4n) is 4.90. The normalized spacial score (nSPS) is 20.2. The summed E-state index contributed by atoms with van der Waals surface area (Å²) in [6.45, 7) is 6.14. The van der Waals surface area contributed by atoms with E-state index in [0.29, 0.717) is 43.0 Å². The van der Waals surface area contributed by atoms with Crippen LogP contribution in [0.2, 0.25) is 0 Å². The first-order chi connectivity index (χ1) is 17.6. The molecule has 2 fully saturated rings. The molecule has 0 aliphatic carbocycles. The van der Waals surface area contributed by atoms with Crippen LogP contribution in [-0.4, -0.2) is 80.8 Å². The highest BCUT2D eigenvalue weighted by Gasteiger charge is 2.46. The molecule has 0 spiro atoms. The topological polar surface area (TPSA) is 101 Å². The molecule has 2 aromatic heterocycles. The highest BCUT2D eigenvalue weighted by molar-refractivity contribution is 6.46. The minimum Gasteiger partial charge on any atom is -0.507 e. The van der Waals surface area contributed by atoms with Crippen LogP contribution in [-0.2, 0) is 14.3 Å². The number of ether oxygens (including phenoxy) is 1. The SMILES string of the molecule is Cc1c(C(O)=C2C(=O)C(=O)N(CCCN3CCOCC3)[C@@H]2c2cccnc2)cnn1-c1ccccc1. The van der Waals surface area contributed by atoms with Gasteiger partial charge in [-0.25, -0.2) is 4.68 Å². The van der Waals surface area contributed by atoms with E-state index >= 15 is 0 Å². The third-order valence-electron chi connectivity index (χ3n) is 6.78. The molecule has 3 aromatic rings. The number of carbonyl (C=O) groups excluding carboxylic acids is 2. The monoisotopic (exact) mass is 487 g/mol. The van der Waals surface area contributed by atoms with Crippen molar-refractivity contribution in [2.75, 3.05) is 39.4 Å². The number of morpholine rings is 1. The van der Waals surface area contributed by atoms with Crippen LogP contribution >= 0.6 is 0 Å². The van der Waals surface area contributed by atoms with E-state index in [1.54, 1.807) is 28.0 Å². The molecular weight excluding hydrogens is 458 g/mol. The van der Waals surface area contributed by atoms with Gasteiger partial charge in [-0.15, -0.1) is 0 Å². The average molecular weight is 488 g/mol. The quantitative estimate of drug-likeness (QED) is 0.311. The van der Waals surface area contributed by atoms with Gasteiger partial charge in [-0.05, 0) is 37.1 Å². The van der Waals surface area contributed by atoms with Crippen molar-refractivity contribution in [3.8, 4) is 5.69 Å². The van der Waals surface area contributed by atoms with Crippen molar-refractivity contribution < 1.29 is 19.4 Å². The standard InChI is InChI=1S/C27H29N5O4/c1-19-22(18-29-32(19)21-8-3-2-4-9-21)25(33)23-24(20-7-5-10-28-17-20)31(27(35)26(23)34)12-6-11-30-13-15-36-16-14-30/h2-5,7-10,17-18,24,33H,6,11-16H2,1H3/t24-/m1/s1. The number of amides is 1. The van der Waals surface area contributed by atoms with Gasteiger partial charge in [0.05, 0.1) is 48.0 Å². The van der Waals surface area contributed by atoms with Crippen molar-refractivity contribution in [1.29, 1.82) is 0 Å². The number of pyridine rings is 1. The number of benzene rings is 1. The van der Waals surface area contributed by atoms with Crippen LogP contribution in [0.1, 0.15) is 29.3 Å². The summed E-state index contributed by atoms with van der Waals surface area (Å²) in [4.78, 5) is 34.5. The minimum atomic E-state index is -0.720. The highest BCUT2D eigenvalue weighted by atomic mass is 16.5. The third-order valence-corrected chi connectivity index (χ3v) is 6.78. The average Bonchev–Trinajstić information content (AvgIpc) is 3.42. The number of likely N-dealkylation sites (tertiary alicyclic amines) is 1. The van der Waals surface area contributed by atoms with E-state index in [0.717, 1.165) is 25.3 Å². The highest BCUT2D eigenvalue weighted by Crippen LogP contribution is 2.39. The van der Waals surface area contributed by atoms with Crippen LogP contribution in [0.5, 0.6) is 0 Å². The Morgan fingerprint density at radius 2 is 1.83 bits per heavy atom. The summed E-state index contributed by atoms with van der Waals surface area (Å²) in [5.41, 5.74) is 2.66. The van der Waals surface area contributed by atoms with Crippen molar-refractivity contribution in [3.05, 3.63) is 83.4 Å². The van der Waals surface area contributed by atoms with Crippen LogP contribution < -0.4 is 0 Å². The van der Waals surface area contributed by atoms with Crippen LogP contribution in [0.25, 0.3) is 11.4 Å². The van der Waals surface area contributed by atoms with Gasteiger partial charge in [-0.1, -0.05) is 24.3 Å². The lowest BCUT2D eigenvalue weighted by molar-refractivity contribution is -0.140. The van der Waals surface area contributed by atoms with Crippen LogP contribution in [0, 0.1) is 6.92 Å². The molecule has 0 unspecified atom stereocenters. The lowest BCUT2D eigenvalue weighted by Crippen LogP contribution is -2.39. The Hall–Kier alpha value is -3.82. The third kappa shape index (κ3) is 4.55. The molecule has 2 aliphatic heterocycles. The van der Waals surface area contributed by atoms with Gasteiger partial charge in [0.15, 0.2) is 0 Å². The molecule has 9 nitrogen and oxygen atoms in total. The number of aliphatic hydroxyl groups is 1. The van der Waals surface area contributed by atoms with E-state index in [4.69, 9.17) is 4.74 Å². The first-order valence-electron chi connectivity index (χ1n) is 12.1. The Kier molecular flexibility index (Phi) is 6.92. The molecule has 5 rings (SSSR count). The molecule has 1 atom stereocenters. The Morgan fingerprint density at radius 1 is 1.06 bits per heavy atom. The van der Waals surface area contributed by atoms with Crippen molar-refractivity contribution in [2.24, 2.45) is 0 Å². The van der Waals surface area contributed by atoms with Crippen LogP contribution in [0.3, 0.4) is 0 Å². The summed E-state index contributed by atoms with van der Waals surface area (Å²) in [7, 11) is 0. The molecule has 0 radical (unpaired) electrons. The van der Waals surface area contributed by atoms with Crippen LogP contribution in [0.15, 0.2) is 66.6 Å². The van der Waals surface area contributed by atoms with Crippen molar-refractivity contribution in [3.63, 3.8) is 0 Å². The van der Waals surface area contributed by atoms with E-state index < -0.39 is 17.7 Å². The molecule has 1 amide bonds. The van der Waals surface area contributed by atoms with E-state index in [2.05, 4.69) is 15.0 Å². The van der Waals surface area contributed by atoms with E-state index in [-0.39, 0.29) is 11.3 Å². The number of rotatable bonds is 7. The summed E-state index contributed by atoms with van der Waals surface area (Å²) in [5.74, 6) is -1.53. The fourth-order valence-corrected chi connectivity index (χ4v) is 4.90. The maximum atomic E-state index is 13.3. The second-order valence-electron chi connectivity index (χ2n) is 8.98. The molecule has 1 aromatic carbocycles. The van der Waals surface area contributed by atoms with Gasteiger partial charge in [0, 0.05) is 38.6 Å². The summed E-state index contributed by atoms with van der Waals surface area (Å²) in [6.07, 6.45) is 5.51. The molecular formula is C27H29N5O4. The number of hydrogen-bond donors (Lipinski definition) is 1. The maximum absolute atomic E-state index is 13.3. The summed E-state index contributed by atoms with van der Waals surface area (Å²) >= 11 is 0. The number of ketones is 1. The van der Waals surface area contributed by atoms with Gasteiger partial charge in [0.2, 0.25) is 0 Å². The number of aromatic nitrogens is 3. The van der Waals surface area contributed by atoms with Gasteiger partial charge in [-0.3, -0.25) is 19.5 Å². The molecule has 2 saturated heterocycles. The Bertz CT molecular complexity index is 1270. The molecule has 1 N–H and O–H groups in total. The molecule has 4 heterocycles. The number of para-hydroxylation sites is 1. The van der Waals surface area contributed by atoms with Gasteiger partial charge in [0.25, 0.3) is 11.7 Å². The maximum Gasteiger partial charge on any atom is 0.295 e. The second-order valence-corrected chi connectivity index (χ2v) is 8.98. The number of hydrogen-bond acceptors (Lipinski definition) is 7. The van der Waals surface area contributed by atoms with Crippen molar-refractivity contribution >= 4 is 17.4 Å². The first kappa shape index (κ1) is 23.9. The Balaban J connectivity index is 1.49. The number of aliphatic hydroxyl groups excluding tert-OH is 1. The van der Waals surface area contributed by atoms with E-state index in [1.165, 1.54) is 6.20 Å². The van der Waals surface area contributed by atoms with Gasteiger partial charge >= 0.3 is 0 Å². The zero-order valence-electron chi connectivity index (χ0n) is 20.2. The largest absolute Gasteiger partial charge is 0.507 e. The number of carbonyl (C=O) groups is 2. The zero-order chi connectivity index (χ0) is 25.1. The molecule has 186 valence electrons. The second kappa shape index (κ2) is 10.4.